The van der Waals surface area contributed by atoms with Crippen LogP contribution < -0.4 is 14.5 Å². The minimum Gasteiger partial charge on any atom is -0.543 e. The molecule has 0 bridgehead atoms. The molecule has 196 valence electrons. The number of benzene rings is 1. The van der Waals surface area contributed by atoms with Crippen LogP contribution in [0.4, 0.5) is 0 Å². The third-order valence-electron chi connectivity index (χ3n) is 8.68. The molecule has 35 heavy (non-hydrogen) atoms. The highest BCUT2D eigenvalue weighted by Crippen LogP contribution is 2.55. The van der Waals surface area contributed by atoms with Crippen LogP contribution in [0.2, 0.25) is 18.1 Å². The third-order valence-corrected chi connectivity index (χ3v) is 13.0. The van der Waals surface area contributed by atoms with Crippen molar-refractivity contribution >= 4 is 20.0 Å². The summed E-state index contributed by atoms with van der Waals surface area (Å²) in [5.74, 6) is 2.22. The van der Waals surface area contributed by atoms with Crippen LogP contribution in [0.1, 0.15) is 105 Å². The lowest BCUT2D eigenvalue weighted by molar-refractivity contribution is -0.125. The Morgan fingerprint density at radius 2 is 1.86 bits per heavy atom. The molecule has 0 aromatic heterocycles. The lowest BCUT2D eigenvalue weighted by atomic mass is 9.66. The van der Waals surface area contributed by atoms with Gasteiger partial charge in [-0.1, -0.05) is 34.1 Å². The molecule has 1 saturated carbocycles. The standard InChI is InChI=1S/C29H47NO4Si/c1-11-12-15-30-26(32)28(5,6)19-16-23-25(24(17-19)34-35(9,10)27(2,3)4)21-18-20(31)13-14-22(21)29(7,8)33-23/h16-17,21-22H,11-15,18H2,1-10H3,(H,30,32)/t21-,22-/m1/s1. The first-order valence-electron chi connectivity index (χ1n) is 13.4. The minimum absolute atomic E-state index is 0.00460. The number of amides is 1. The first kappa shape index (κ1) is 27.8. The highest BCUT2D eigenvalue weighted by atomic mass is 28.4. The molecule has 2 aliphatic rings. The summed E-state index contributed by atoms with van der Waals surface area (Å²) in [5, 5.41) is 3.12. The zero-order valence-electron chi connectivity index (χ0n) is 23.7. The van der Waals surface area contributed by atoms with Gasteiger partial charge in [0.05, 0.1) is 5.41 Å². The van der Waals surface area contributed by atoms with E-state index in [9.17, 15) is 9.59 Å². The van der Waals surface area contributed by atoms with Crippen LogP contribution in [0, 0.1) is 5.92 Å². The molecule has 3 rings (SSSR count). The fourth-order valence-corrected chi connectivity index (χ4v) is 6.18. The number of fused-ring (bicyclic) bond motifs is 3. The van der Waals surface area contributed by atoms with E-state index >= 15 is 0 Å². The molecule has 5 nitrogen and oxygen atoms in total. The average molecular weight is 502 g/mol. The van der Waals surface area contributed by atoms with Gasteiger partial charge < -0.3 is 14.5 Å². The molecule has 1 heterocycles. The predicted octanol–water partition coefficient (Wildman–Crippen LogP) is 6.89. The van der Waals surface area contributed by atoms with E-state index in [0.29, 0.717) is 25.2 Å². The van der Waals surface area contributed by atoms with Crippen LogP contribution in [0.5, 0.6) is 11.5 Å². The van der Waals surface area contributed by atoms with Gasteiger partial charge in [-0.2, -0.15) is 0 Å². The van der Waals surface area contributed by atoms with Gasteiger partial charge in [0.25, 0.3) is 0 Å². The van der Waals surface area contributed by atoms with Crippen LogP contribution in [0.3, 0.4) is 0 Å². The minimum atomic E-state index is -2.19. The van der Waals surface area contributed by atoms with Crippen molar-refractivity contribution in [2.75, 3.05) is 6.54 Å². The van der Waals surface area contributed by atoms with Gasteiger partial charge in [-0.05, 0) is 76.4 Å². The third kappa shape index (κ3) is 5.47. The van der Waals surface area contributed by atoms with Gasteiger partial charge in [0.2, 0.25) is 14.2 Å². The maximum Gasteiger partial charge on any atom is 0.250 e. The lowest BCUT2D eigenvalue weighted by Gasteiger charge is -2.48. The van der Waals surface area contributed by atoms with Gasteiger partial charge in [-0.3, -0.25) is 9.59 Å². The molecule has 0 unspecified atom stereocenters. The number of nitrogens with one attached hydrogen (secondary N) is 1. The number of rotatable bonds is 7. The summed E-state index contributed by atoms with van der Waals surface area (Å²) >= 11 is 0. The van der Waals surface area contributed by atoms with Crippen LogP contribution in [0.15, 0.2) is 12.1 Å². The maximum absolute atomic E-state index is 13.2. The summed E-state index contributed by atoms with van der Waals surface area (Å²) in [6, 6.07) is 4.10. The number of carbonyl (C=O) groups is 2. The average Bonchev–Trinajstić information content (AvgIpc) is 2.71. The summed E-state index contributed by atoms with van der Waals surface area (Å²) < 4.78 is 13.6. The fourth-order valence-electron chi connectivity index (χ4n) is 5.16. The maximum atomic E-state index is 13.2. The molecule has 1 amide bonds. The highest BCUT2D eigenvalue weighted by molar-refractivity contribution is 6.74. The number of hydrogen-bond donors (Lipinski definition) is 1. The summed E-state index contributed by atoms with van der Waals surface area (Å²) in [7, 11) is -2.19. The van der Waals surface area contributed by atoms with Crippen molar-refractivity contribution in [3.05, 3.63) is 23.3 Å². The highest BCUT2D eigenvalue weighted by Gasteiger charge is 2.49. The molecule has 0 radical (unpaired) electrons. The van der Waals surface area contributed by atoms with Gasteiger partial charge in [0, 0.05) is 36.8 Å². The molecule has 2 atom stereocenters. The van der Waals surface area contributed by atoms with E-state index in [1.165, 1.54) is 0 Å². The Hall–Kier alpha value is -1.82. The molecule has 1 aliphatic heterocycles. The van der Waals surface area contributed by atoms with Crippen LogP contribution in [0.25, 0.3) is 0 Å². The molecular weight excluding hydrogens is 454 g/mol. The second kappa shape index (κ2) is 9.57. The molecule has 1 aromatic carbocycles. The largest absolute Gasteiger partial charge is 0.543 e. The van der Waals surface area contributed by atoms with Gasteiger partial charge in [-0.15, -0.1) is 0 Å². The van der Waals surface area contributed by atoms with E-state index in [1.807, 2.05) is 19.9 Å². The van der Waals surface area contributed by atoms with Crippen molar-refractivity contribution in [1.82, 2.24) is 5.32 Å². The number of ketones is 1. The van der Waals surface area contributed by atoms with Gasteiger partial charge in [0.15, 0.2) is 0 Å². The van der Waals surface area contributed by atoms with E-state index in [2.05, 4.69) is 66.0 Å². The van der Waals surface area contributed by atoms with Crippen LogP contribution >= 0.6 is 0 Å². The first-order chi connectivity index (χ1) is 16.0. The Labute approximate surface area is 213 Å². The second-order valence-corrected chi connectivity index (χ2v) is 17.9. The van der Waals surface area contributed by atoms with Crippen molar-refractivity contribution in [1.29, 1.82) is 0 Å². The molecule has 1 N–H and O–H groups in total. The summed E-state index contributed by atoms with van der Waals surface area (Å²) in [5.41, 5.74) is 0.772. The topological polar surface area (TPSA) is 64.6 Å². The Bertz CT molecular complexity index is 974. The summed E-state index contributed by atoms with van der Waals surface area (Å²) in [4.78, 5) is 25.8. The van der Waals surface area contributed by atoms with E-state index in [1.54, 1.807) is 0 Å². The van der Waals surface area contributed by atoms with Crippen molar-refractivity contribution in [3.8, 4) is 11.5 Å². The number of Topliss-reactive ketones (excluding diaryl/α,β-unsaturated/α-hetero) is 1. The van der Waals surface area contributed by atoms with Crippen molar-refractivity contribution in [3.63, 3.8) is 0 Å². The smallest absolute Gasteiger partial charge is 0.250 e. The van der Waals surface area contributed by atoms with E-state index in [0.717, 1.165) is 41.9 Å². The molecule has 0 spiro atoms. The molecule has 6 heteroatoms. The molecule has 1 fully saturated rings. The van der Waals surface area contributed by atoms with Gasteiger partial charge >= 0.3 is 0 Å². The van der Waals surface area contributed by atoms with Crippen LogP contribution in [-0.4, -0.2) is 32.2 Å². The fraction of sp³-hybridized carbons (Fsp3) is 0.724. The Morgan fingerprint density at radius 1 is 1.20 bits per heavy atom. The normalized spacial score (nSPS) is 22.1. The van der Waals surface area contributed by atoms with Crippen LogP contribution in [-0.2, 0) is 15.0 Å². The summed E-state index contributed by atoms with van der Waals surface area (Å²) in [6.07, 6.45) is 3.97. The number of ether oxygens (including phenoxy) is 1. The Kier molecular flexibility index (Phi) is 7.59. The van der Waals surface area contributed by atoms with Crippen molar-refractivity contribution in [2.45, 2.75) is 123 Å². The molecule has 0 saturated heterocycles. The first-order valence-corrected chi connectivity index (χ1v) is 16.3. The van der Waals surface area contributed by atoms with Crippen molar-refractivity contribution in [2.24, 2.45) is 5.92 Å². The number of unbranched alkanes of at least 4 members (excludes halogenated alkanes) is 1. The number of hydrogen-bond acceptors (Lipinski definition) is 4. The predicted molar refractivity (Wildman–Crippen MR) is 145 cm³/mol. The zero-order chi connectivity index (χ0) is 26.4. The van der Waals surface area contributed by atoms with E-state index < -0.39 is 19.3 Å². The molecule has 1 aromatic rings. The van der Waals surface area contributed by atoms with Crippen molar-refractivity contribution < 1.29 is 18.8 Å². The quantitative estimate of drug-likeness (QED) is 0.326. The molecule has 1 aliphatic carbocycles. The Morgan fingerprint density at radius 3 is 2.46 bits per heavy atom. The summed E-state index contributed by atoms with van der Waals surface area (Å²) in [6.45, 7) is 22.2. The van der Waals surface area contributed by atoms with Gasteiger partial charge in [-0.25, -0.2) is 0 Å². The van der Waals surface area contributed by atoms with Gasteiger partial charge in [0.1, 0.15) is 22.9 Å². The number of carbonyl (C=O) groups excluding carboxylic acids is 2. The second-order valence-electron chi connectivity index (χ2n) is 13.2. The SMILES string of the molecule is CCCCNC(=O)C(C)(C)c1cc2c(c(O[Si](C)(C)C(C)(C)C)c1)[C@@H]1CC(=O)CC[C@H]1C(C)(C)O2. The lowest BCUT2D eigenvalue weighted by Crippen LogP contribution is -2.48. The molecular formula is C29H47NO4Si. The zero-order valence-corrected chi connectivity index (χ0v) is 24.7. The van der Waals surface area contributed by atoms with E-state index in [4.69, 9.17) is 9.16 Å². The monoisotopic (exact) mass is 501 g/mol. The Balaban J connectivity index is 2.16. The van der Waals surface area contributed by atoms with E-state index in [-0.39, 0.29) is 22.8 Å².